The zero-order valence-corrected chi connectivity index (χ0v) is 11.1. The maximum atomic E-state index is 10.8. The quantitative estimate of drug-likeness (QED) is 0.883. The van der Waals surface area contributed by atoms with Gasteiger partial charge in [0.1, 0.15) is 5.69 Å². The second kappa shape index (κ2) is 5.69. The van der Waals surface area contributed by atoms with Crippen molar-refractivity contribution >= 4 is 5.97 Å². The highest BCUT2D eigenvalue weighted by Gasteiger charge is 2.13. The molecular formula is C15H17NO3. The molecule has 100 valence electrons. The molecule has 0 aliphatic rings. The number of nitrogens with zero attached hydrogens (tertiary/aromatic N) is 1. The van der Waals surface area contributed by atoms with Gasteiger partial charge in [0.05, 0.1) is 0 Å². The van der Waals surface area contributed by atoms with E-state index >= 15 is 0 Å². The highest BCUT2D eigenvalue weighted by molar-refractivity contribution is 5.85. The van der Waals surface area contributed by atoms with Crippen LogP contribution in [0.15, 0.2) is 34.9 Å². The Bertz CT molecular complexity index is 570. The van der Waals surface area contributed by atoms with E-state index in [9.17, 15) is 4.79 Å². The lowest BCUT2D eigenvalue weighted by Gasteiger charge is -2.13. The maximum Gasteiger partial charge on any atom is 0.374 e. The minimum absolute atomic E-state index is 0.136. The topological polar surface area (TPSA) is 63.3 Å². The first kappa shape index (κ1) is 13.3. The molecule has 0 saturated carbocycles. The standard InChI is InChI=1S/C15H17NO3/c1-3-10(4-2)11-6-5-7-12(8-11)13-9-14(15(17)18)19-16-13/h5-10H,3-4H2,1-2H3,(H,17,18). The Balaban J connectivity index is 2.34. The van der Waals surface area contributed by atoms with E-state index in [1.54, 1.807) is 0 Å². The second-order valence-electron chi connectivity index (χ2n) is 4.52. The van der Waals surface area contributed by atoms with Crippen molar-refractivity contribution in [2.24, 2.45) is 0 Å². The minimum Gasteiger partial charge on any atom is -0.475 e. The Morgan fingerprint density at radius 2 is 2.05 bits per heavy atom. The van der Waals surface area contributed by atoms with Crippen LogP contribution in [0.25, 0.3) is 11.3 Å². The van der Waals surface area contributed by atoms with Crippen LogP contribution in [0.4, 0.5) is 0 Å². The van der Waals surface area contributed by atoms with Crippen molar-refractivity contribution in [1.29, 1.82) is 0 Å². The van der Waals surface area contributed by atoms with Crippen molar-refractivity contribution in [2.75, 3.05) is 0 Å². The number of carbonyl (C=O) groups is 1. The van der Waals surface area contributed by atoms with Crippen molar-refractivity contribution in [2.45, 2.75) is 32.6 Å². The molecule has 19 heavy (non-hydrogen) atoms. The van der Waals surface area contributed by atoms with Crippen LogP contribution < -0.4 is 0 Å². The Kier molecular flexibility index (Phi) is 4.00. The summed E-state index contributed by atoms with van der Waals surface area (Å²) in [6, 6.07) is 9.49. The molecular weight excluding hydrogens is 242 g/mol. The molecule has 0 atom stereocenters. The molecule has 0 bridgehead atoms. The lowest BCUT2D eigenvalue weighted by atomic mass is 9.92. The normalized spacial score (nSPS) is 10.9. The fourth-order valence-corrected chi connectivity index (χ4v) is 2.22. The lowest BCUT2D eigenvalue weighted by Crippen LogP contribution is -1.95. The van der Waals surface area contributed by atoms with Gasteiger partial charge in [0.25, 0.3) is 0 Å². The Labute approximate surface area is 112 Å². The summed E-state index contributed by atoms with van der Waals surface area (Å²) in [5.74, 6) is -0.719. The highest BCUT2D eigenvalue weighted by atomic mass is 16.5. The van der Waals surface area contributed by atoms with Crippen LogP contribution in [0.2, 0.25) is 0 Å². The van der Waals surface area contributed by atoms with E-state index in [1.807, 2.05) is 12.1 Å². The van der Waals surface area contributed by atoms with E-state index in [0.29, 0.717) is 11.6 Å². The molecule has 0 amide bonds. The number of carboxylic acids is 1. The third-order valence-corrected chi connectivity index (χ3v) is 3.36. The molecule has 0 unspecified atom stereocenters. The zero-order chi connectivity index (χ0) is 13.8. The molecule has 2 rings (SSSR count). The number of benzene rings is 1. The summed E-state index contributed by atoms with van der Waals surface area (Å²) in [6.45, 7) is 4.33. The first-order valence-corrected chi connectivity index (χ1v) is 6.46. The van der Waals surface area contributed by atoms with E-state index in [1.165, 1.54) is 11.6 Å². The van der Waals surface area contributed by atoms with E-state index < -0.39 is 5.97 Å². The predicted molar refractivity (Wildman–Crippen MR) is 72.2 cm³/mol. The summed E-state index contributed by atoms with van der Waals surface area (Å²) in [5, 5.41) is 12.6. The van der Waals surface area contributed by atoms with Crippen LogP contribution in [0.1, 0.15) is 48.7 Å². The van der Waals surface area contributed by atoms with Gasteiger partial charge >= 0.3 is 5.97 Å². The number of hydrogen-bond acceptors (Lipinski definition) is 3. The summed E-state index contributed by atoms with van der Waals surface area (Å²) < 4.78 is 4.78. The van der Waals surface area contributed by atoms with Gasteiger partial charge in [-0.1, -0.05) is 37.2 Å². The number of aromatic carboxylic acids is 1. The van der Waals surface area contributed by atoms with Crippen LogP contribution in [0.3, 0.4) is 0 Å². The van der Waals surface area contributed by atoms with Gasteiger partial charge in [-0.2, -0.15) is 0 Å². The fourth-order valence-electron chi connectivity index (χ4n) is 2.22. The Hall–Kier alpha value is -2.10. The summed E-state index contributed by atoms with van der Waals surface area (Å²) >= 11 is 0. The average Bonchev–Trinajstić information content (AvgIpc) is 2.90. The maximum absolute atomic E-state index is 10.8. The molecule has 0 aliphatic heterocycles. The summed E-state index contributed by atoms with van der Waals surface area (Å²) in [4.78, 5) is 10.8. The van der Waals surface area contributed by atoms with Crippen molar-refractivity contribution in [3.8, 4) is 11.3 Å². The van der Waals surface area contributed by atoms with Crippen molar-refractivity contribution in [3.05, 3.63) is 41.7 Å². The molecule has 1 heterocycles. The van der Waals surface area contributed by atoms with Gasteiger partial charge in [-0.25, -0.2) is 4.79 Å². The van der Waals surface area contributed by atoms with Crippen LogP contribution in [-0.2, 0) is 0 Å². The molecule has 1 aromatic carbocycles. The predicted octanol–water partition coefficient (Wildman–Crippen LogP) is 3.94. The van der Waals surface area contributed by atoms with Crippen molar-refractivity contribution in [3.63, 3.8) is 0 Å². The molecule has 1 N–H and O–H groups in total. The zero-order valence-electron chi connectivity index (χ0n) is 11.1. The highest BCUT2D eigenvalue weighted by Crippen LogP contribution is 2.27. The summed E-state index contributed by atoms with van der Waals surface area (Å²) in [5.41, 5.74) is 2.70. The van der Waals surface area contributed by atoms with Gasteiger partial charge in [0, 0.05) is 11.6 Å². The van der Waals surface area contributed by atoms with Gasteiger partial charge in [-0.3, -0.25) is 0 Å². The van der Waals surface area contributed by atoms with E-state index in [-0.39, 0.29) is 5.76 Å². The number of hydrogen-bond donors (Lipinski definition) is 1. The molecule has 0 saturated heterocycles. The smallest absolute Gasteiger partial charge is 0.374 e. The van der Waals surface area contributed by atoms with Crippen LogP contribution in [0, 0.1) is 0 Å². The molecule has 2 aromatic rings. The average molecular weight is 259 g/mol. The van der Waals surface area contributed by atoms with Gasteiger partial charge in [-0.05, 0) is 30.4 Å². The number of carboxylic acid groups (broad SMARTS) is 1. The van der Waals surface area contributed by atoms with E-state index in [0.717, 1.165) is 18.4 Å². The molecule has 0 aliphatic carbocycles. The second-order valence-corrected chi connectivity index (χ2v) is 4.52. The van der Waals surface area contributed by atoms with Crippen LogP contribution >= 0.6 is 0 Å². The van der Waals surface area contributed by atoms with Gasteiger partial charge in [0.2, 0.25) is 5.76 Å². The first-order chi connectivity index (χ1) is 9.15. The molecule has 0 fully saturated rings. The van der Waals surface area contributed by atoms with Crippen LogP contribution in [0.5, 0.6) is 0 Å². The van der Waals surface area contributed by atoms with E-state index in [4.69, 9.17) is 9.63 Å². The molecule has 4 heteroatoms. The molecule has 1 aromatic heterocycles. The minimum atomic E-state index is -1.10. The third kappa shape index (κ3) is 2.84. The summed E-state index contributed by atoms with van der Waals surface area (Å²) in [7, 11) is 0. The van der Waals surface area contributed by atoms with Crippen LogP contribution in [-0.4, -0.2) is 16.2 Å². The largest absolute Gasteiger partial charge is 0.475 e. The fraction of sp³-hybridized carbons (Fsp3) is 0.333. The first-order valence-electron chi connectivity index (χ1n) is 6.46. The van der Waals surface area contributed by atoms with E-state index in [2.05, 4.69) is 31.1 Å². The van der Waals surface area contributed by atoms with Gasteiger partial charge in [0.15, 0.2) is 0 Å². The van der Waals surface area contributed by atoms with Crippen molar-refractivity contribution in [1.82, 2.24) is 5.16 Å². The monoisotopic (exact) mass is 259 g/mol. The van der Waals surface area contributed by atoms with Gasteiger partial charge < -0.3 is 9.63 Å². The number of rotatable bonds is 5. The van der Waals surface area contributed by atoms with Gasteiger partial charge in [-0.15, -0.1) is 0 Å². The molecule has 4 nitrogen and oxygen atoms in total. The number of aromatic nitrogens is 1. The Morgan fingerprint density at radius 1 is 1.32 bits per heavy atom. The molecule has 0 radical (unpaired) electrons. The third-order valence-electron chi connectivity index (χ3n) is 3.36. The molecule has 0 spiro atoms. The SMILES string of the molecule is CCC(CC)c1cccc(-c2cc(C(=O)O)on2)c1. The Morgan fingerprint density at radius 3 is 2.63 bits per heavy atom. The van der Waals surface area contributed by atoms with Crippen molar-refractivity contribution < 1.29 is 14.4 Å². The summed E-state index contributed by atoms with van der Waals surface area (Å²) in [6.07, 6.45) is 2.16. The lowest BCUT2D eigenvalue weighted by molar-refractivity contribution is 0.0652.